The summed E-state index contributed by atoms with van der Waals surface area (Å²) in [6.45, 7) is 2.00. The van der Waals surface area contributed by atoms with E-state index in [1.54, 1.807) is 0 Å². The minimum atomic E-state index is -0.244. The molecule has 2 N–H and O–H groups in total. The van der Waals surface area contributed by atoms with Gasteiger partial charge in [-0.2, -0.15) is 0 Å². The first-order valence-corrected chi connectivity index (χ1v) is 4.03. The Labute approximate surface area is 84.5 Å². The van der Waals surface area contributed by atoms with Crippen molar-refractivity contribution in [3.63, 3.8) is 0 Å². The average molecular weight is 200 g/mol. The molecule has 0 saturated heterocycles. The third-order valence-electron chi connectivity index (χ3n) is 1.88. The lowest BCUT2D eigenvalue weighted by Crippen LogP contribution is -2.13. The number of carbonyl (C=O) groups is 1. The van der Waals surface area contributed by atoms with Gasteiger partial charge in [0, 0.05) is 6.42 Å². The summed E-state index contributed by atoms with van der Waals surface area (Å²) in [6.07, 6.45) is 0.421. The lowest BCUT2D eigenvalue weighted by molar-refractivity contribution is -0.118. The highest BCUT2D eigenvalue weighted by Crippen LogP contribution is 2.17. The van der Waals surface area contributed by atoms with Gasteiger partial charge in [0.1, 0.15) is 0 Å². The van der Waals surface area contributed by atoms with Crippen molar-refractivity contribution in [3.05, 3.63) is 35.9 Å². The number of hydrogen-bond acceptors (Lipinski definition) is 1. The second-order valence-electron chi connectivity index (χ2n) is 2.98. The van der Waals surface area contributed by atoms with E-state index in [2.05, 4.69) is 0 Å². The lowest BCUT2D eigenvalue weighted by atomic mass is 9.98. The molecule has 0 saturated carbocycles. The normalized spacial score (nSPS) is 11.5. The van der Waals surface area contributed by atoms with Gasteiger partial charge in [0.25, 0.3) is 0 Å². The van der Waals surface area contributed by atoms with Crippen molar-refractivity contribution in [2.24, 2.45) is 5.73 Å². The molecule has 0 heterocycles. The fourth-order valence-corrected chi connectivity index (χ4v) is 1.20. The number of rotatable bonds is 3. The van der Waals surface area contributed by atoms with Gasteiger partial charge in [-0.05, 0) is 11.5 Å². The van der Waals surface area contributed by atoms with E-state index in [9.17, 15) is 4.79 Å². The van der Waals surface area contributed by atoms with Crippen molar-refractivity contribution < 1.29 is 4.79 Å². The van der Waals surface area contributed by atoms with Crippen LogP contribution in [0.1, 0.15) is 24.8 Å². The Bertz CT molecular complexity index is 261. The molecule has 0 bridgehead atoms. The Morgan fingerprint density at radius 3 is 2.38 bits per heavy atom. The minimum Gasteiger partial charge on any atom is -0.370 e. The van der Waals surface area contributed by atoms with Crippen LogP contribution in [0.15, 0.2) is 30.3 Å². The summed E-state index contributed by atoms with van der Waals surface area (Å²) in [5.41, 5.74) is 6.26. The van der Waals surface area contributed by atoms with Gasteiger partial charge < -0.3 is 5.73 Å². The number of nitrogens with two attached hydrogens (primary N) is 1. The maximum absolute atomic E-state index is 10.6. The Morgan fingerprint density at radius 1 is 1.38 bits per heavy atom. The van der Waals surface area contributed by atoms with Gasteiger partial charge in [0.05, 0.1) is 0 Å². The fourth-order valence-electron chi connectivity index (χ4n) is 1.20. The first-order chi connectivity index (χ1) is 5.70. The van der Waals surface area contributed by atoms with Crippen LogP contribution < -0.4 is 5.73 Å². The van der Waals surface area contributed by atoms with E-state index in [1.165, 1.54) is 0 Å². The highest BCUT2D eigenvalue weighted by Gasteiger charge is 2.06. The van der Waals surface area contributed by atoms with E-state index in [0.29, 0.717) is 6.42 Å². The van der Waals surface area contributed by atoms with Crippen LogP contribution in [0.2, 0.25) is 0 Å². The molecule has 3 heteroatoms. The Kier molecular flexibility index (Phi) is 5.16. The van der Waals surface area contributed by atoms with Crippen LogP contribution in [0.4, 0.5) is 0 Å². The summed E-state index contributed by atoms with van der Waals surface area (Å²) < 4.78 is 0. The molecule has 1 aromatic rings. The van der Waals surface area contributed by atoms with Crippen LogP contribution in [-0.2, 0) is 4.79 Å². The summed E-state index contributed by atoms with van der Waals surface area (Å²) in [4.78, 5) is 10.6. The minimum absolute atomic E-state index is 0. The molecule has 1 aromatic carbocycles. The third kappa shape index (κ3) is 3.95. The van der Waals surface area contributed by atoms with Crippen LogP contribution >= 0.6 is 12.4 Å². The molecule has 0 radical (unpaired) electrons. The van der Waals surface area contributed by atoms with Crippen molar-refractivity contribution in [2.75, 3.05) is 0 Å². The smallest absolute Gasteiger partial charge is 0.218 e. The zero-order chi connectivity index (χ0) is 8.97. The second kappa shape index (κ2) is 5.60. The monoisotopic (exact) mass is 199 g/mol. The molecule has 0 aliphatic carbocycles. The Balaban J connectivity index is 0.00000144. The predicted octanol–water partition coefficient (Wildman–Crippen LogP) is 2.09. The highest BCUT2D eigenvalue weighted by atomic mass is 35.5. The molecule has 72 valence electrons. The molecule has 0 aliphatic heterocycles. The molecular weight excluding hydrogens is 186 g/mol. The number of hydrogen-bond donors (Lipinski definition) is 1. The van der Waals surface area contributed by atoms with Crippen molar-refractivity contribution in [1.29, 1.82) is 0 Å². The number of amides is 1. The molecule has 1 amide bonds. The molecule has 0 spiro atoms. The quantitative estimate of drug-likeness (QED) is 0.796. The number of benzene rings is 1. The Morgan fingerprint density at radius 2 is 1.92 bits per heavy atom. The predicted molar refractivity (Wildman–Crippen MR) is 55.9 cm³/mol. The van der Waals surface area contributed by atoms with Crippen LogP contribution in [0.5, 0.6) is 0 Å². The average Bonchev–Trinajstić information content (AvgIpc) is 2.05. The van der Waals surface area contributed by atoms with E-state index in [4.69, 9.17) is 5.73 Å². The van der Waals surface area contributed by atoms with Gasteiger partial charge >= 0.3 is 0 Å². The summed E-state index contributed by atoms with van der Waals surface area (Å²) in [5, 5.41) is 0. The van der Waals surface area contributed by atoms with E-state index < -0.39 is 0 Å². The SMILES string of the molecule is CC(CC(N)=O)c1ccccc1.Cl. The third-order valence-corrected chi connectivity index (χ3v) is 1.88. The molecular formula is C10H14ClNO. The van der Waals surface area contributed by atoms with E-state index >= 15 is 0 Å². The number of halogens is 1. The van der Waals surface area contributed by atoms with Crippen molar-refractivity contribution in [3.8, 4) is 0 Å². The van der Waals surface area contributed by atoms with Crippen LogP contribution in [-0.4, -0.2) is 5.91 Å². The molecule has 0 fully saturated rings. The van der Waals surface area contributed by atoms with E-state index in [-0.39, 0.29) is 24.2 Å². The van der Waals surface area contributed by atoms with Crippen molar-refractivity contribution in [2.45, 2.75) is 19.3 Å². The maximum atomic E-state index is 10.6. The maximum Gasteiger partial charge on any atom is 0.218 e. The summed E-state index contributed by atoms with van der Waals surface area (Å²) in [6, 6.07) is 9.90. The molecule has 0 aromatic heterocycles. The van der Waals surface area contributed by atoms with Gasteiger partial charge in [0.2, 0.25) is 5.91 Å². The molecule has 1 atom stereocenters. The first-order valence-electron chi connectivity index (χ1n) is 4.03. The van der Waals surface area contributed by atoms with Gasteiger partial charge in [-0.25, -0.2) is 0 Å². The summed E-state index contributed by atoms with van der Waals surface area (Å²) >= 11 is 0. The molecule has 1 rings (SSSR count). The highest BCUT2D eigenvalue weighted by molar-refractivity contribution is 5.85. The molecule has 1 unspecified atom stereocenters. The number of carbonyl (C=O) groups excluding carboxylic acids is 1. The van der Waals surface area contributed by atoms with Crippen molar-refractivity contribution in [1.82, 2.24) is 0 Å². The van der Waals surface area contributed by atoms with Crippen LogP contribution in [0, 0.1) is 0 Å². The Hall–Kier alpha value is -1.02. The van der Waals surface area contributed by atoms with Crippen LogP contribution in [0.3, 0.4) is 0 Å². The topological polar surface area (TPSA) is 43.1 Å². The molecule has 13 heavy (non-hydrogen) atoms. The standard InChI is InChI=1S/C10H13NO.ClH/c1-8(7-10(11)12)9-5-3-2-4-6-9;/h2-6,8H,7H2,1H3,(H2,11,12);1H. The summed E-state index contributed by atoms with van der Waals surface area (Å²) in [7, 11) is 0. The fraction of sp³-hybridized carbons (Fsp3) is 0.300. The number of primary amides is 1. The zero-order valence-corrected chi connectivity index (χ0v) is 8.38. The largest absolute Gasteiger partial charge is 0.370 e. The van der Waals surface area contributed by atoms with Gasteiger partial charge in [-0.15, -0.1) is 12.4 Å². The van der Waals surface area contributed by atoms with E-state index in [1.807, 2.05) is 37.3 Å². The first kappa shape index (κ1) is 12.0. The van der Waals surface area contributed by atoms with Crippen molar-refractivity contribution >= 4 is 18.3 Å². The van der Waals surface area contributed by atoms with Gasteiger partial charge in [-0.1, -0.05) is 37.3 Å². The van der Waals surface area contributed by atoms with E-state index in [0.717, 1.165) is 5.56 Å². The van der Waals surface area contributed by atoms with Crippen LogP contribution in [0.25, 0.3) is 0 Å². The summed E-state index contributed by atoms with van der Waals surface area (Å²) in [5.74, 6) is -0.0185. The van der Waals surface area contributed by atoms with Gasteiger partial charge in [0.15, 0.2) is 0 Å². The molecule has 0 aliphatic rings. The van der Waals surface area contributed by atoms with Gasteiger partial charge in [-0.3, -0.25) is 4.79 Å². The second-order valence-corrected chi connectivity index (χ2v) is 2.98. The molecule has 2 nitrogen and oxygen atoms in total. The zero-order valence-electron chi connectivity index (χ0n) is 7.57. The lowest BCUT2D eigenvalue weighted by Gasteiger charge is -2.08.